The molecule has 0 spiro atoms. The fourth-order valence-corrected chi connectivity index (χ4v) is 1.03. The molecule has 0 aromatic rings. The normalized spacial score (nSPS) is 17.7. The minimum absolute atomic E-state index is 0.312. The maximum atomic E-state index is 11.2. The zero-order chi connectivity index (χ0) is 9.68. The average Bonchev–Trinajstić information content (AvgIpc) is 2.15. The summed E-state index contributed by atoms with van der Waals surface area (Å²) in [6.07, 6.45) is 1.73. The highest BCUT2D eigenvalue weighted by molar-refractivity contribution is 5.93. The summed E-state index contributed by atoms with van der Waals surface area (Å²) in [6, 6.07) is 0. The first-order valence-electron chi connectivity index (χ1n) is 3.96. The number of morpholine rings is 1. The third-order valence-electron chi connectivity index (χ3n) is 1.68. The van der Waals surface area contributed by atoms with E-state index >= 15 is 0 Å². The molecule has 0 aromatic heterocycles. The Hall–Kier alpha value is -1.36. The van der Waals surface area contributed by atoms with E-state index in [1.54, 1.807) is 0 Å². The lowest BCUT2D eigenvalue weighted by atomic mass is 10.3. The number of carboxylic acids is 1. The van der Waals surface area contributed by atoms with Crippen molar-refractivity contribution < 1.29 is 19.4 Å². The lowest BCUT2D eigenvalue weighted by molar-refractivity contribution is -0.297. The van der Waals surface area contributed by atoms with Gasteiger partial charge in [-0.2, -0.15) is 0 Å². The highest BCUT2D eigenvalue weighted by Gasteiger charge is 2.13. The van der Waals surface area contributed by atoms with Crippen molar-refractivity contribution in [1.29, 1.82) is 0 Å². The van der Waals surface area contributed by atoms with E-state index in [0.717, 1.165) is 12.2 Å². The largest absolute Gasteiger partial charge is 0.545 e. The number of ether oxygens (including phenoxy) is 1. The smallest absolute Gasteiger partial charge is 0.246 e. The third kappa shape index (κ3) is 3.25. The van der Waals surface area contributed by atoms with Crippen LogP contribution in [0.15, 0.2) is 12.2 Å². The number of carbonyl (C=O) groups is 2. The van der Waals surface area contributed by atoms with Crippen molar-refractivity contribution >= 4 is 11.9 Å². The number of nitrogens with zero attached hydrogens (tertiary/aromatic N) is 1. The first-order chi connectivity index (χ1) is 6.20. The second kappa shape index (κ2) is 4.61. The van der Waals surface area contributed by atoms with Gasteiger partial charge in [0, 0.05) is 19.2 Å². The van der Waals surface area contributed by atoms with E-state index in [0.29, 0.717) is 26.3 Å². The van der Waals surface area contributed by atoms with E-state index in [1.807, 2.05) is 0 Å². The van der Waals surface area contributed by atoms with E-state index in [9.17, 15) is 14.7 Å². The van der Waals surface area contributed by atoms with Crippen molar-refractivity contribution in [3.63, 3.8) is 0 Å². The molecule has 0 radical (unpaired) electrons. The van der Waals surface area contributed by atoms with Gasteiger partial charge in [-0.15, -0.1) is 0 Å². The Labute approximate surface area is 75.6 Å². The molecule has 72 valence electrons. The van der Waals surface area contributed by atoms with Crippen molar-refractivity contribution in [2.45, 2.75) is 0 Å². The van der Waals surface area contributed by atoms with Crippen LogP contribution in [0.5, 0.6) is 0 Å². The summed E-state index contributed by atoms with van der Waals surface area (Å²) < 4.78 is 5.03. The van der Waals surface area contributed by atoms with Crippen LogP contribution in [0, 0.1) is 0 Å². The molecule has 0 bridgehead atoms. The number of aliphatic carboxylic acids is 1. The molecule has 13 heavy (non-hydrogen) atoms. The molecule has 0 unspecified atom stereocenters. The van der Waals surface area contributed by atoms with Crippen LogP contribution >= 0.6 is 0 Å². The first kappa shape index (κ1) is 9.73. The summed E-state index contributed by atoms with van der Waals surface area (Å²) in [5.41, 5.74) is 0. The molecule has 1 rings (SSSR count). The molecule has 0 atom stereocenters. The van der Waals surface area contributed by atoms with Gasteiger partial charge in [-0.25, -0.2) is 0 Å². The van der Waals surface area contributed by atoms with Crippen molar-refractivity contribution in [2.24, 2.45) is 0 Å². The lowest BCUT2D eigenvalue weighted by Crippen LogP contribution is -2.40. The SMILES string of the molecule is O=C([O-])/C=C/C(=O)N1CCOCC1. The molecule has 0 saturated carbocycles. The Morgan fingerprint density at radius 3 is 2.38 bits per heavy atom. The molecule has 5 nitrogen and oxygen atoms in total. The van der Waals surface area contributed by atoms with Gasteiger partial charge >= 0.3 is 0 Å². The Morgan fingerprint density at radius 2 is 1.85 bits per heavy atom. The minimum Gasteiger partial charge on any atom is -0.545 e. The van der Waals surface area contributed by atoms with Crippen molar-refractivity contribution in [3.05, 3.63) is 12.2 Å². The molecule has 1 aliphatic rings. The van der Waals surface area contributed by atoms with E-state index in [-0.39, 0.29) is 5.91 Å². The molecule has 1 fully saturated rings. The Bertz CT molecular complexity index is 230. The van der Waals surface area contributed by atoms with Crippen LogP contribution < -0.4 is 5.11 Å². The number of rotatable bonds is 2. The highest BCUT2D eigenvalue weighted by Crippen LogP contribution is 1.97. The predicted molar refractivity (Wildman–Crippen MR) is 41.5 cm³/mol. The van der Waals surface area contributed by atoms with Gasteiger partial charge in [-0.05, 0) is 6.08 Å². The second-order valence-corrected chi connectivity index (χ2v) is 2.59. The fraction of sp³-hybridized carbons (Fsp3) is 0.500. The van der Waals surface area contributed by atoms with Gasteiger partial charge in [0.1, 0.15) is 0 Å². The van der Waals surface area contributed by atoms with Gasteiger partial charge in [0.25, 0.3) is 0 Å². The molecule has 0 aliphatic carbocycles. The number of carboxylic acid groups (broad SMARTS) is 1. The Balaban J connectivity index is 2.41. The van der Waals surface area contributed by atoms with Gasteiger partial charge in [-0.3, -0.25) is 4.79 Å². The molecular weight excluding hydrogens is 174 g/mol. The summed E-state index contributed by atoms with van der Waals surface area (Å²) in [5, 5.41) is 9.99. The molecule has 1 heterocycles. The van der Waals surface area contributed by atoms with Crippen molar-refractivity contribution in [2.75, 3.05) is 26.3 Å². The number of carbonyl (C=O) groups excluding carboxylic acids is 2. The Kier molecular flexibility index (Phi) is 3.45. The molecule has 1 aliphatic heterocycles. The van der Waals surface area contributed by atoms with Crippen LogP contribution in [0.3, 0.4) is 0 Å². The van der Waals surface area contributed by atoms with E-state index in [2.05, 4.69) is 0 Å². The van der Waals surface area contributed by atoms with Crippen LogP contribution in [0.4, 0.5) is 0 Å². The highest BCUT2D eigenvalue weighted by atomic mass is 16.5. The van der Waals surface area contributed by atoms with Crippen LogP contribution in [-0.2, 0) is 14.3 Å². The van der Waals surface area contributed by atoms with E-state index < -0.39 is 5.97 Å². The summed E-state index contributed by atoms with van der Waals surface area (Å²) in [6.45, 7) is 2.03. The third-order valence-corrected chi connectivity index (χ3v) is 1.68. The summed E-state index contributed by atoms with van der Waals surface area (Å²) in [7, 11) is 0. The predicted octanol–water partition coefficient (Wildman–Crippen LogP) is -1.85. The second-order valence-electron chi connectivity index (χ2n) is 2.59. The molecule has 1 saturated heterocycles. The summed E-state index contributed by atoms with van der Waals surface area (Å²) in [4.78, 5) is 22.7. The minimum atomic E-state index is -1.36. The van der Waals surface area contributed by atoms with Crippen LogP contribution in [-0.4, -0.2) is 43.1 Å². The van der Waals surface area contributed by atoms with Crippen LogP contribution in [0.25, 0.3) is 0 Å². The van der Waals surface area contributed by atoms with Crippen LogP contribution in [0.2, 0.25) is 0 Å². The molecule has 0 N–H and O–H groups in total. The van der Waals surface area contributed by atoms with Gasteiger partial charge in [0.05, 0.1) is 19.2 Å². The standard InChI is InChI=1S/C8H11NO4/c10-7(1-2-8(11)12)9-3-5-13-6-4-9/h1-2H,3-6H2,(H,11,12)/p-1/b2-1+. The average molecular weight is 184 g/mol. The van der Waals surface area contributed by atoms with Gasteiger partial charge in [0.2, 0.25) is 5.91 Å². The Morgan fingerprint density at radius 1 is 1.23 bits per heavy atom. The molecule has 0 aromatic carbocycles. The number of hydrogen-bond donors (Lipinski definition) is 0. The zero-order valence-electron chi connectivity index (χ0n) is 7.06. The molecule has 1 amide bonds. The zero-order valence-corrected chi connectivity index (χ0v) is 7.06. The number of hydrogen-bond acceptors (Lipinski definition) is 4. The van der Waals surface area contributed by atoms with Crippen molar-refractivity contribution in [1.82, 2.24) is 4.90 Å². The van der Waals surface area contributed by atoms with E-state index in [1.165, 1.54) is 4.90 Å². The van der Waals surface area contributed by atoms with Gasteiger partial charge in [-0.1, -0.05) is 0 Å². The van der Waals surface area contributed by atoms with Crippen LogP contribution in [0.1, 0.15) is 0 Å². The number of amides is 1. The topological polar surface area (TPSA) is 69.7 Å². The maximum absolute atomic E-state index is 11.2. The monoisotopic (exact) mass is 184 g/mol. The first-order valence-corrected chi connectivity index (χ1v) is 3.96. The molecular formula is C8H10NO4-. The molecule has 5 heteroatoms. The van der Waals surface area contributed by atoms with E-state index in [4.69, 9.17) is 4.74 Å². The maximum Gasteiger partial charge on any atom is 0.246 e. The van der Waals surface area contributed by atoms with Gasteiger partial charge < -0.3 is 19.5 Å². The lowest BCUT2D eigenvalue weighted by Gasteiger charge is -2.25. The van der Waals surface area contributed by atoms with Gasteiger partial charge in [0.15, 0.2) is 0 Å². The fourth-order valence-electron chi connectivity index (χ4n) is 1.03. The summed E-state index contributed by atoms with van der Waals surface area (Å²) in [5.74, 6) is -1.67. The van der Waals surface area contributed by atoms with Crippen molar-refractivity contribution in [3.8, 4) is 0 Å². The summed E-state index contributed by atoms with van der Waals surface area (Å²) >= 11 is 0. The quantitative estimate of drug-likeness (QED) is 0.472.